The quantitative estimate of drug-likeness (QED) is 0.643. The minimum absolute atomic E-state index is 0.0385. The molecule has 1 aliphatic carbocycles. The first-order valence-corrected chi connectivity index (χ1v) is 12.9. The highest BCUT2D eigenvalue weighted by Crippen LogP contribution is 2.30. The van der Waals surface area contributed by atoms with Gasteiger partial charge in [-0.3, -0.25) is 4.79 Å². The predicted octanol–water partition coefficient (Wildman–Crippen LogP) is 3.18. The molecule has 1 atom stereocenters. The lowest BCUT2D eigenvalue weighted by Crippen LogP contribution is -2.49. The fraction of sp³-hybridized carbons (Fsp3) is 0.550. The lowest BCUT2D eigenvalue weighted by Gasteiger charge is -2.38. The summed E-state index contributed by atoms with van der Waals surface area (Å²) in [6, 6.07) is 9.41. The third-order valence-corrected chi connectivity index (χ3v) is 8.16. The Kier molecular flexibility index (Phi) is 6.24. The summed E-state index contributed by atoms with van der Waals surface area (Å²) in [5.41, 5.74) is 0.832. The Balaban J connectivity index is 1.43. The second-order valence-corrected chi connectivity index (χ2v) is 10.8. The fourth-order valence-corrected chi connectivity index (χ4v) is 6.57. The van der Waals surface area contributed by atoms with Crippen molar-refractivity contribution >= 4 is 27.5 Å². The fourth-order valence-electron chi connectivity index (χ4n) is 4.22. The molecule has 1 saturated carbocycles. The molecule has 2 fully saturated rings. The monoisotopic (exact) mass is 435 g/mol. The van der Waals surface area contributed by atoms with Crippen molar-refractivity contribution < 1.29 is 17.6 Å². The molecule has 29 heavy (non-hydrogen) atoms. The third-order valence-electron chi connectivity index (χ3n) is 5.60. The van der Waals surface area contributed by atoms with Gasteiger partial charge < -0.3 is 9.32 Å². The zero-order valence-corrected chi connectivity index (χ0v) is 17.8. The van der Waals surface area contributed by atoms with Crippen LogP contribution in [0.15, 0.2) is 40.0 Å². The molecule has 0 radical (unpaired) electrons. The van der Waals surface area contributed by atoms with Gasteiger partial charge in [-0.05, 0) is 31.4 Å². The summed E-state index contributed by atoms with van der Waals surface area (Å²) in [5, 5.41) is 8.44. The molecule has 2 heterocycles. The van der Waals surface area contributed by atoms with E-state index in [0.717, 1.165) is 31.2 Å². The van der Waals surface area contributed by atoms with Crippen LogP contribution in [-0.2, 0) is 14.6 Å². The van der Waals surface area contributed by atoms with E-state index in [0.29, 0.717) is 17.5 Å². The number of nitrogens with zero attached hydrogens (tertiary/aromatic N) is 3. The number of hydrogen-bond acceptors (Lipinski definition) is 7. The van der Waals surface area contributed by atoms with Gasteiger partial charge in [0.25, 0.3) is 5.22 Å². The molecule has 1 amide bonds. The molecule has 1 aromatic heterocycles. The van der Waals surface area contributed by atoms with E-state index in [4.69, 9.17) is 4.42 Å². The molecule has 7 nitrogen and oxygen atoms in total. The SMILES string of the molecule is O=C(CSc1nnc(-c2ccccc2)o1)N(C1CCCCC1)C1CCS(=O)(=O)C1. The van der Waals surface area contributed by atoms with Crippen LogP contribution in [-0.4, -0.2) is 58.8 Å². The van der Waals surface area contributed by atoms with Gasteiger partial charge >= 0.3 is 0 Å². The standard InChI is InChI=1S/C20H25N3O4S2/c24-18(13-28-20-22-21-19(27-20)15-7-3-1-4-8-15)23(16-9-5-2-6-10-16)17-11-12-29(25,26)14-17/h1,3-4,7-8,16-17H,2,5-6,9-14H2. The first kappa shape index (κ1) is 20.4. The summed E-state index contributed by atoms with van der Waals surface area (Å²) in [7, 11) is -3.05. The number of thioether (sulfide) groups is 1. The maximum Gasteiger partial charge on any atom is 0.277 e. The van der Waals surface area contributed by atoms with Crippen molar-refractivity contribution in [3.8, 4) is 11.5 Å². The molecule has 0 N–H and O–H groups in total. The lowest BCUT2D eigenvalue weighted by atomic mass is 9.93. The van der Waals surface area contributed by atoms with Crippen molar-refractivity contribution in [2.24, 2.45) is 0 Å². The summed E-state index contributed by atoms with van der Waals surface area (Å²) in [5.74, 6) is 0.808. The maximum atomic E-state index is 13.1. The molecule has 2 aromatic rings. The van der Waals surface area contributed by atoms with Crippen LogP contribution < -0.4 is 0 Å². The first-order valence-electron chi connectivity index (χ1n) is 10.1. The third kappa shape index (κ3) is 5.01. The van der Waals surface area contributed by atoms with Crippen molar-refractivity contribution in [3.63, 3.8) is 0 Å². The number of amides is 1. The van der Waals surface area contributed by atoms with E-state index >= 15 is 0 Å². The van der Waals surface area contributed by atoms with Crippen LogP contribution in [0.3, 0.4) is 0 Å². The second kappa shape index (κ2) is 8.87. The van der Waals surface area contributed by atoms with E-state index in [1.165, 1.54) is 18.2 Å². The molecule has 4 rings (SSSR count). The minimum atomic E-state index is -3.05. The molecule has 0 bridgehead atoms. The minimum Gasteiger partial charge on any atom is -0.411 e. The number of rotatable bonds is 6. The normalized spacial score (nSPS) is 21.9. The molecular formula is C20H25N3O4S2. The zero-order valence-electron chi connectivity index (χ0n) is 16.2. The summed E-state index contributed by atoms with van der Waals surface area (Å²) in [4.78, 5) is 15.0. The Morgan fingerprint density at radius 1 is 1.07 bits per heavy atom. The van der Waals surface area contributed by atoms with Crippen LogP contribution in [0.4, 0.5) is 0 Å². The molecule has 1 unspecified atom stereocenters. The van der Waals surface area contributed by atoms with E-state index in [1.807, 2.05) is 35.2 Å². The average Bonchev–Trinajstić information content (AvgIpc) is 3.34. The first-order chi connectivity index (χ1) is 14.0. The van der Waals surface area contributed by atoms with E-state index < -0.39 is 9.84 Å². The van der Waals surface area contributed by atoms with Gasteiger partial charge in [0.1, 0.15) is 0 Å². The van der Waals surface area contributed by atoms with Crippen LogP contribution in [0.5, 0.6) is 0 Å². The Morgan fingerprint density at radius 2 is 1.83 bits per heavy atom. The highest BCUT2D eigenvalue weighted by molar-refractivity contribution is 7.99. The smallest absolute Gasteiger partial charge is 0.277 e. The van der Waals surface area contributed by atoms with Gasteiger partial charge in [-0.2, -0.15) is 0 Å². The van der Waals surface area contributed by atoms with Gasteiger partial charge in [-0.25, -0.2) is 8.42 Å². The van der Waals surface area contributed by atoms with Crippen LogP contribution in [0.25, 0.3) is 11.5 Å². The molecule has 2 aliphatic rings. The number of benzene rings is 1. The highest BCUT2D eigenvalue weighted by Gasteiger charge is 2.38. The summed E-state index contributed by atoms with van der Waals surface area (Å²) in [6.07, 6.45) is 5.79. The van der Waals surface area contributed by atoms with Crippen molar-refractivity contribution in [1.29, 1.82) is 0 Å². The molecule has 0 spiro atoms. The van der Waals surface area contributed by atoms with E-state index in [2.05, 4.69) is 10.2 Å². The van der Waals surface area contributed by atoms with Crippen molar-refractivity contribution in [1.82, 2.24) is 15.1 Å². The predicted molar refractivity (Wildman–Crippen MR) is 111 cm³/mol. The molecule has 1 aliphatic heterocycles. The Hall–Kier alpha value is -1.87. The average molecular weight is 436 g/mol. The van der Waals surface area contributed by atoms with Crippen LogP contribution >= 0.6 is 11.8 Å². The number of aromatic nitrogens is 2. The van der Waals surface area contributed by atoms with Crippen molar-refractivity contribution in [2.45, 2.75) is 55.8 Å². The highest BCUT2D eigenvalue weighted by atomic mass is 32.2. The largest absolute Gasteiger partial charge is 0.411 e. The Labute approximate surface area is 175 Å². The van der Waals surface area contributed by atoms with Gasteiger partial charge in [0.15, 0.2) is 9.84 Å². The molecular weight excluding hydrogens is 410 g/mol. The Bertz CT molecular complexity index is 940. The number of carbonyl (C=O) groups is 1. The van der Waals surface area contributed by atoms with E-state index in [-0.39, 0.29) is 35.2 Å². The summed E-state index contributed by atoms with van der Waals surface area (Å²) >= 11 is 1.21. The molecule has 1 saturated heterocycles. The molecule has 156 valence electrons. The molecule has 9 heteroatoms. The lowest BCUT2D eigenvalue weighted by molar-refractivity contribution is -0.133. The summed E-state index contributed by atoms with van der Waals surface area (Å²) < 4.78 is 29.7. The van der Waals surface area contributed by atoms with Gasteiger partial charge in [0, 0.05) is 17.6 Å². The van der Waals surface area contributed by atoms with Crippen LogP contribution in [0.1, 0.15) is 38.5 Å². The number of carbonyl (C=O) groups excluding carboxylic acids is 1. The maximum absolute atomic E-state index is 13.1. The van der Waals surface area contributed by atoms with E-state index in [1.54, 1.807) is 0 Å². The molecule has 1 aromatic carbocycles. The van der Waals surface area contributed by atoms with Gasteiger partial charge in [-0.1, -0.05) is 49.2 Å². The zero-order chi connectivity index (χ0) is 20.3. The van der Waals surface area contributed by atoms with Crippen LogP contribution in [0, 0.1) is 0 Å². The van der Waals surface area contributed by atoms with E-state index in [9.17, 15) is 13.2 Å². The van der Waals surface area contributed by atoms with Gasteiger partial charge in [0.2, 0.25) is 11.8 Å². The number of hydrogen-bond donors (Lipinski definition) is 0. The summed E-state index contributed by atoms with van der Waals surface area (Å²) in [6.45, 7) is 0. The second-order valence-electron chi connectivity index (χ2n) is 7.68. The number of sulfone groups is 1. The Morgan fingerprint density at radius 3 is 2.52 bits per heavy atom. The topological polar surface area (TPSA) is 93.4 Å². The van der Waals surface area contributed by atoms with Crippen molar-refractivity contribution in [2.75, 3.05) is 17.3 Å². The van der Waals surface area contributed by atoms with Gasteiger partial charge in [0.05, 0.1) is 17.3 Å². The van der Waals surface area contributed by atoms with Crippen molar-refractivity contribution in [3.05, 3.63) is 30.3 Å². The van der Waals surface area contributed by atoms with Crippen LogP contribution in [0.2, 0.25) is 0 Å². The van der Waals surface area contributed by atoms with Gasteiger partial charge in [-0.15, -0.1) is 10.2 Å².